The second-order valence-corrected chi connectivity index (χ2v) is 6.17. The van der Waals surface area contributed by atoms with E-state index in [4.69, 9.17) is 6.42 Å². The Kier molecular flexibility index (Phi) is 5.28. The van der Waals surface area contributed by atoms with Crippen molar-refractivity contribution in [2.24, 2.45) is 0 Å². The lowest BCUT2D eigenvalue weighted by Gasteiger charge is -2.14. The molecule has 0 aliphatic carbocycles. The van der Waals surface area contributed by atoms with Crippen LogP contribution in [0.25, 0.3) is 0 Å². The molecular weight excluding hydrogens is 380 g/mol. The average Bonchev–Trinajstić information content (AvgIpc) is 2.46. The molecule has 0 aromatic heterocycles. The van der Waals surface area contributed by atoms with Crippen LogP contribution in [0.4, 0.5) is 0 Å². The first-order valence-electron chi connectivity index (χ1n) is 6.29. The molecule has 102 valence electrons. The van der Waals surface area contributed by atoms with Gasteiger partial charge in [0.05, 0.1) is 8.95 Å². The lowest BCUT2D eigenvalue weighted by Crippen LogP contribution is -1.98. The van der Waals surface area contributed by atoms with Crippen LogP contribution in [-0.4, -0.2) is 5.11 Å². The molecule has 0 heterocycles. The summed E-state index contributed by atoms with van der Waals surface area (Å²) in [6, 6.07) is 12.2. The third kappa shape index (κ3) is 3.45. The summed E-state index contributed by atoms with van der Waals surface area (Å²) in [6.07, 6.45) is 7.58. The lowest BCUT2D eigenvalue weighted by atomic mass is 9.96. The van der Waals surface area contributed by atoms with Gasteiger partial charge >= 0.3 is 0 Å². The molecule has 0 unspecified atom stereocenters. The van der Waals surface area contributed by atoms with Crippen LogP contribution in [0.1, 0.15) is 23.1 Å². The van der Waals surface area contributed by atoms with E-state index in [1.807, 2.05) is 24.3 Å². The third-order valence-electron chi connectivity index (χ3n) is 3.14. The van der Waals surface area contributed by atoms with Gasteiger partial charge in [0.25, 0.3) is 0 Å². The smallest absolute Gasteiger partial charge is 0.144 e. The molecule has 0 radical (unpaired) electrons. The summed E-state index contributed by atoms with van der Waals surface area (Å²) in [5.74, 6) is 2.88. The molecule has 2 aromatic rings. The van der Waals surface area contributed by atoms with Crippen molar-refractivity contribution in [1.82, 2.24) is 0 Å². The van der Waals surface area contributed by atoms with Gasteiger partial charge in [0.15, 0.2) is 0 Å². The molecule has 0 atom stereocenters. The molecule has 0 saturated heterocycles. The van der Waals surface area contributed by atoms with Crippen molar-refractivity contribution in [3.8, 4) is 18.1 Å². The van der Waals surface area contributed by atoms with E-state index in [1.54, 1.807) is 0 Å². The maximum atomic E-state index is 10.0. The van der Waals surface area contributed by atoms with Crippen LogP contribution < -0.4 is 0 Å². The molecule has 0 aliphatic rings. The highest BCUT2D eigenvalue weighted by Crippen LogP contribution is 2.38. The second kappa shape index (κ2) is 6.97. The number of phenols is 1. The molecule has 0 saturated carbocycles. The van der Waals surface area contributed by atoms with E-state index in [9.17, 15) is 5.11 Å². The van der Waals surface area contributed by atoms with E-state index in [2.05, 4.69) is 49.9 Å². The Balaban J connectivity index is 2.43. The minimum Gasteiger partial charge on any atom is -0.506 e. The van der Waals surface area contributed by atoms with Crippen LogP contribution in [0.15, 0.2) is 45.3 Å². The molecule has 0 fully saturated rings. The van der Waals surface area contributed by atoms with Gasteiger partial charge in [0, 0.05) is 6.42 Å². The Labute approximate surface area is 136 Å². The van der Waals surface area contributed by atoms with E-state index in [-0.39, 0.29) is 5.75 Å². The van der Waals surface area contributed by atoms with E-state index < -0.39 is 0 Å². The van der Waals surface area contributed by atoms with E-state index in [0.717, 1.165) is 22.9 Å². The average molecular weight is 394 g/mol. The van der Waals surface area contributed by atoms with Crippen LogP contribution >= 0.6 is 31.9 Å². The fraction of sp³-hybridized carbons (Fsp3) is 0.176. The molecule has 1 N–H and O–H groups in total. The molecule has 0 spiro atoms. The SMILES string of the molecule is C#CCCc1c(Cc2ccccc2)cc(Br)c(O)c1Br. The van der Waals surface area contributed by atoms with Gasteiger partial charge in [-0.2, -0.15) is 0 Å². The predicted molar refractivity (Wildman–Crippen MR) is 89.9 cm³/mol. The molecule has 0 aliphatic heterocycles. The van der Waals surface area contributed by atoms with Crippen molar-refractivity contribution in [3.05, 3.63) is 62.0 Å². The largest absolute Gasteiger partial charge is 0.506 e. The minimum absolute atomic E-state index is 0.230. The Morgan fingerprint density at radius 3 is 2.50 bits per heavy atom. The van der Waals surface area contributed by atoms with Crippen molar-refractivity contribution in [2.45, 2.75) is 19.3 Å². The van der Waals surface area contributed by atoms with Gasteiger partial charge in [-0.15, -0.1) is 12.3 Å². The van der Waals surface area contributed by atoms with Gasteiger partial charge in [-0.1, -0.05) is 30.3 Å². The lowest BCUT2D eigenvalue weighted by molar-refractivity contribution is 0.467. The number of terminal acetylenes is 1. The summed E-state index contributed by atoms with van der Waals surface area (Å²) in [4.78, 5) is 0. The molecule has 20 heavy (non-hydrogen) atoms. The highest BCUT2D eigenvalue weighted by Gasteiger charge is 2.14. The van der Waals surface area contributed by atoms with Gasteiger partial charge < -0.3 is 5.11 Å². The summed E-state index contributed by atoms with van der Waals surface area (Å²) in [7, 11) is 0. The van der Waals surface area contributed by atoms with Crippen LogP contribution in [-0.2, 0) is 12.8 Å². The molecular formula is C17H14Br2O. The van der Waals surface area contributed by atoms with Crippen LogP contribution in [0, 0.1) is 12.3 Å². The fourth-order valence-electron chi connectivity index (χ4n) is 2.14. The molecule has 3 heteroatoms. The first-order chi connectivity index (χ1) is 9.63. The number of halogens is 2. The maximum absolute atomic E-state index is 10.0. The first-order valence-corrected chi connectivity index (χ1v) is 7.88. The minimum atomic E-state index is 0.230. The quantitative estimate of drug-likeness (QED) is 0.718. The van der Waals surface area contributed by atoms with Crippen molar-refractivity contribution in [2.75, 3.05) is 0 Å². The van der Waals surface area contributed by atoms with Crippen LogP contribution in [0.5, 0.6) is 5.75 Å². The monoisotopic (exact) mass is 392 g/mol. The summed E-state index contributed by atoms with van der Waals surface area (Å²) in [5, 5.41) is 10.0. The van der Waals surface area contributed by atoms with E-state index in [0.29, 0.717) is 10.9 Å². The van der Waals surface area contributed by atoms with Crippen LogP contribution in [0.3, 0.4) is 0 Å². The number of phenolic OH excluding ortho intramolecular Hbond substituents is 1. The fourth-order valence-corrected chi connectivity index (χ4v) is 3.55. The second-order valence-electron chi connectivity index (χ2n) is 4.53. The van der Waals surface area contributed by atoms with Crippen LogP contribution in [0.2, 0.25) is 0 Å². The van der Waals surface area contributed by atoms with Gasteiger partial charge in [0.1, 0.15) is 5.75 Å². The Hall–Kier alpha value is -1.24. The molecule has 2 rings (SSSR count). The number of rotatable bonds is 4. The van der Waals surface area contributed by atoms with Crippen molar-refractivity contribution >= 4 is 31.9 Å². The summed E-state index contributed by atoms with van der Waals surface area (Å²) in [5.41, 5.74) is 3.48. The Morgan fingerprint density at radius 1 is 1.15 bits per heavy atom. The zero-order chi connectivity index (χ0) is 14.5. The number of hydrogen-bond acceptors (Lipinski definition) is 1. The molecule has 0 bridgehead atoms. The third-order valence-corrected chi connectivity index (χ3v) is 4.60. The molecule has 1 nitrogen and oxygen atoms in total. The zero-order valence-electron chi connectivity index (χ0n) is 10.9. The topological polar surface area (TPSA) is 20.2 Å². The maximum Gasteiger partial charge on any atom is 0.144 e. The Bertz CT molecular complexity index is 642. The van der Waals surface area contributed by atoms with Gasteiger partial charge in [-0.05, 0) is 67.5 Å². The number of hydrogen-bond donors (Lipinski definition) is 1. The van der Waals surface area contributed by atoms with Crippen molar-refractivity contribution in [3.63, 3.8) is 0 Å². The highest BCUT2D eigenvalue weighted by molar-refractivity contribution is 9.11. The van der Waals surface area contributed by atoms with Crippen molar-refractivity contribution in [1.29, 1.82) is 0 Å². The first kappa shape index (κ1) is 15.2. The Morgan fingerprint density at radius 2 is 1.85 bits per heavy atom. The normalized spacial score (nSPS) is 10.2. The highest BCUT2D eigenvalue weighted by atomic mass is 79.9. The summed E-state index contributed by atoms with van der Waals surface area (Å²) >= 11 is 6.87. The molecule has 0 amide bonds. The summed E-state index contributed by atoms with van der Waals surface area (Å²) < 4.78 is 1.42. The zero-order valence-corrected chi connectivity index (χ0v) is 14.0. The predicted octanol–water partition coefficient (Wildman–Crippen LogP) is 5.07. The van der Waals surface area contributed by atoms with Gasteiger partial charge in [-0.25, -0.2) is 0 Å². The number of aromatic hydroxyl groups is 1. The van der Waals surface area contributed by atoms with E-state index in [1.165, 1.54) is 11.1 Å². The van der Waals surface area contributed by atoms with E-state index >= 15 is 0 Å². The standard InChI is InChI=1S/C17H14Br2O/c1-2-3-9-14-13(10-12-7-5-4-6-8-12)11-15(18)17(20)16(14)19/h1,4-8,11,20H,3,9-10H2. The van der Waals surface area contributed by atoms with Crippen molar-refractivity contribution < 1.29 is 5.11 Å². The molecule has 2 aromatic carbocycles. The summed E-state index contributed by atoms with van der Waals surface area (Å²) in [6.45, 7) is 0. The van der Waals surface area contributed by atoms with Gasteiger partial charge in [0.2, 0.25) is 0 Å². The number of benzene rings is 2. The van der Waals surface area contributed by atoms with Gasteiger partial charge in [-0.3, -0.25) is 0 Å².